The van der Waals surface area contributed by atoms with Crippen LogP contribution in [0.25, 0.3) is 0 Å². The Morgan fingerprint density at radius 3 is 2.44 bits per heavy atom. The third-order valence-electron chi connectivity index (χ3n) is 2.73. The van der Waals surface area contributed by atoms with Gasteiger partial charge in [0.1, 0.15) is 6.61 Å². The minimum Gasteiger partial charge on any atom is -0.493 e. The molecule has 3 heteroatoms. The summed E-state index contributed by atoms with van der Waals surface area (Å²) >= 11 is 0. The molecule has 0 bridgehead atoms. The first-order chi connectivity index (χ1) is 8.85. The summed E-state index contributed by atoms with van der Waals surface area (Å²) < 4.78 is 11.1. The lowest BCUT2D eigenvalue weighted by Gasteiger charge is -2.14. The Morgan fingerprint density at radius 2 is 1.78 bits per heavy atom. The summed E-state index contributed by atoms with van der Waals surface area (Å²) in [5, 5.41) is 0. The Kier molecular flexibility index (Phi) is 4.20. The Bertz CT molecular complexity index is 475. The molecule has 0 fully saturated rings. The van der Waals surface area contributed by atoms with E-state index in [1.54, 1.807) is 7.11 Å². The highest BCUT2D eigenvalue weighted by Crippen LogP contribution is 2.31. The second-order valence-electron chi connectivity index (χ2n) is 3.93. The molecule has 0 saturated carbocycles. The number of hydrogen-bond donors (Lipinski definition) is 1. The maximum Gasteiger partial charge on any atom is 0.166 e. The Labute approximate surface area is 107 Å². The van der Waals surface area contributed by atoms with Crippen molar-refractivity contribution < 1.29 is 9.47 Å². The molecule has 0 atom stereocenters. The monoisotopic (exact) mass is 243 g/mol. The van der Waals surface area contributed by atoms with Crippen LogP contribution in [-0.2, 0) is 13.2 Å². The molecule has 0 aliphatic heterocycles. The minimum absolute atomic E-state index is 0.432. The van der Waals surface area contributed by atoms with E-state index >= 15 is 0 Å². The fourth-order valence-electron chi connectivity index (χ4n) is 1.78. The SMILES string of the molecule is COc1cccc(CN)c1OCc1ccccc1. The van der Waals surface area contributed by atoms with Gasteiger partial charge in [0.2, 0.25) is 0 Å². The maximum absolute atomic E-state index is 5.83. The van der Waals surface area contributed by atoms with E-state index in [-0.39, 0.29) is 0 Å². The van der Waals surface area contributed by atoms with Gasteiger partial charge < -0.3 is 15.2 Å². The number of nitrogens with two attached hydrogens (primary N) is 1. The first-order valence-corrected chi connectivity index (χ1v) is 5.88. The molecule has 94 valence electrons. The van der Waals surface area contributed by atoms with Gasteiger partial charge in [-0.15, -0.1) is 0 Å². The van der Waals surface area contributed by atoms with Crippen LogP contribution >= 0.6 is 0 Å². The van der Waals surface area contributed by atoms with E-state index < -0.39 is 0 Å². The van der Waals surface area contributed by atoms with Crippen molar-refractivity contribution in [2.24, 2.45) is 5.73 Å². The van der Waals surface area contributed by atoms with E-state index in [2.05, 4.69) is 0 Å². The standard InChI is InChI=1S/C15H17NO2/c1-17-14-9-5-8-13(10-16)15(14)18-11-12-6-3-2-4-7-12/h2-9H,10-11,16H2,1H3. The fraction of sp³-hybridized carbons (Fsp3) is 0.200. The molecule has 2 rings (SSSR count). The van der Waals surface area contributed by atoms with E-state index in [0.717, 1.165) is 16.9 Å². The molecule has 0 spiro atoms. The van der Waals surface area contributed by atoms with Gasteiger partial charge in [-0.1, -0.05) is 42.5 Å². The molecule has 0 saturated heterocycles. The molecule has 0 aromatic heterocycles. The van der Waals surface area contributed by atoms with Crippen LogP contribution in [0, 0.1) is 0 Å². The van der Waals surface area contributed by atoms with Gasteiger partial charge in [-0.3, -0.25) is 0 Å². The molecule has 0 aliphatic rings. The molecule has 18 heavy (non-hydrogen) atoms. The van der Waals surface area contributed by atoms with Gasteiger partial charge in [0.15, 0.2) is 11.5 Å². The quantitative estimate of drug-likeness (QED) is 0.878. The van der Waals surface area contributed by atoms with Crippen LogP contribution in [0.2, 0.25) is 0 Å². The van der Waals surface area contributed by atoms with Crippen molar-refractivity contribution in [1.82, 2.24) is 0 Å². The Morgan fingerprint density at radius 1 is 1.00 bits per heavy atom. The number of ether oxygens (including phenoxy) is 2. The number of methoxy groups -OCH3 is 1. The van der Waals surface area contributed by atoms with Gasteiger partial charge in [0.25, 0.3) is 0 Å². The van der Waals surface area contributed by atoms with Gasteiger partial charge >= 0.3 is 0 Å². The van der Waals surface area contributed by atoms with Crippen molar-refractivity contribution in [3.8, 4) is 11.5 Å². The molecule has 0 amide bonds. The van der Waals surface area contributed by atoms with Crippen molar-refractivity contribution >= 4 is 0 Å². The molecule has 2 aromatic carbocycles. The van der Waals surface area contributed by atoms with Crippen molar-refractivity contribution in [1.29, 1.82) is 0 Å². The van der Waals surface area contributed by atoms with E-state index in [1.165, 1.54) is 0 Å². The number of benzene rings is 2. The summed E-state index contributed by atoms with van der Waals surface area (Å²) in [7, 11) is 1.63. The third kappa shape index (κ3) is 2.81. The minimum atomic E-state index is 0.432. The van der Waals surface area contributed by atoms with Crippen molar-refractivity contribution in [2.45, 2.75) is 13.2 Å². The number of hydrogen-bond acceptors (Lipinski definition) is 3. The maximum atomic E-state index is 5.83. The van der Waals surface area contributed by atoms with Crippen molar-refractivity contribution in [3.05, 3.63) is 59.7 Å². The smallest absolute Gasteiger partial charge is 0.166 e. The molecular formula is C15H17NO2. The van der Waals surface area contributed by atoms with E-state index in [4.69, 9.17) is 15.2 Å². The van der Waals surface area contributed by atoms with Gasteiger partial charge in [0, 0.05) is 12.1 Å². The lowest BCUT2D eigenvalue weighted by Crippen LogP contribution is -2.04. The van der Waals surface area contributed by atoms with Gasteiger partial charge in [-0.05, 0) is 11.6 Å². The normalized spacial score (nSPS) is 10.1. The molecule has 0 heterocycles. The van der Waals surface area contributed by atoms with E-state index in [1.807, 2.05) is 48.5 Å². The predicted octanol–water partition coefficient (Wildman–Crippen LogP) is 2.73. The highest BCUT2D eigenvalue weighted by Gasteiger charge is 2.09. The largest absolute Gasteiger partial charge is 0.493 e. The molecule has 0 aliphatic carbocycles. The van der Waals surface area contributed by atoms with Crippen LogP contribution in [0.15, 0.2) is 48.5 Å². The highest BCUT2D eigenvalue weighted by molar-refractivity contribution is 5.46. The molecule has 2 aromatic rings. The zero-order valence-electron chi connectivity index (χ0n) is 10.4. The lowest BCUT2D eigenvalue weighted by atomic mass is 10.2. The van der Waals surface area contributed by atoms with Gasteiger partial charge in [-0.25, -0.2) is 0 Å². The van der Waals surface area contributed by atoms with Crippen LogP contribution in [-0.4, -0.2) is 7.11 Å². The summed E-state index contributed by atoms with van der Waals surface area (Å²) in [4.78, 5) is 0. The summed E-state index contributed by atoms with van der Waals surface area (Å²) in [5.41, 5.74) is 7.77. The molecule has 2 N–H and O–H groups in total. The van der Waals surface area contributed by atoms with E-state index in [0.29, 0.717) is 18.9 Å². The second-order valence-corrected chi connectivity index (χ2v) is 3.93. The summed E-state index contributed by atoms with van der Waals surface area (Å²) in [6.45, 7) is 0.940. The van der Waals surface area contributed by atoms with Crippen molar-refractivity contribution in [3.63, 3.8) is 0 Å². The number of para-hydroxylation sites is 1. The molecule has 3 nitrogen and oxygen atoms in total. The third-order valence-corrected chi connectivity index (χ3v) is 2.73. The lowest BCUT2D eigenvalue weighted by molar-refractivity contribution is 0.281. The highest BCUT2D eigenvalue weighted by atomic mass is 16.5. The van der Waals surface area contributed by atoms with Crippen molar-refractivity contribution in [2.75, 3.05) is 7.11 Å². The first kappa shape index (κ1) is 12.5. The Hall–Kier alpha value is -2.00. The van der Waals surface area contributed by atoms with Gasteiger partial charge in [0.05, 0.1) is 7.11 Å². The predicted molar refractivity (Wildman–Crippen MR) is 71.7 cm³/mol. The van der Waals surface area contributed by atoms with Crippen LogP contribution in [0.5, 0.6) is 11.5 Å². The first-order valence-electron chi connectivity index (χ1n) is 5.88. The molecular weight excluding hydrogens is 226 g/mol. The molecule has 0 unspecified atom stereocenters. The average Bonchev–Trinajstić information content (AvgIpc) is 2.45. The summed E-state index contributed by atoms with van der Waals surface area (Å²) in [6.07, 6.45) is 0. The van der Waals surface area contributed by atoms with Gasteiger partial charge in [-0.2, -0.15) is 0 Å². The van der Waals surface area contributed by atoms with Crippen LogP contribution in [0.3, 0.4) is 0 Å². The summed E-state index contributed by atoms with van der Waals surface area (Å²) in [6, 6.07) is 15.8. The topological polar surface area (TPSA) is 44.5 Å². The second kappa shape index (κ2) is 6.07. The fourth-order valence-corrected chi connectivity index (χ4v) is 1.78. The molecule has 0 radical (unpaired) electrons. The number of rotatable bonds is 5. The zero-order valence-corrected chi connectivity index (χ0v) is 10.4. The average molecular weight is 243 g/mol. The van der Waals surface area contributed by atoms with Crippen LogP contribution in [0.1, 0.15) is 11.1 Å². The zero-order chi connectivity index (χ0) is 12.8. The van der Waals surface area contributed by atoms with Crippen LogP contribution < -0.4 is 15.2 Å². The van der Waals surface area contributed by atoms with E-state index in [9.17, 15) is 0 Å². The van der Waals surface area contributed by atoms with Crippen LogP contribution in [0.4, 0.5) is 0 Å². The Balaban J connectivity index is 2.17. The summed E-state index contributed by atoms with van der Waals surface area (Å²) in [5.74, 6) is 1.44.